The largest absolute Gasteiger partial charge is 0.383 e. The molecule has 0 N–H and O–H groups in total. The van der Waals surface area contributed by atoms with Gasteiger partial charge in [0.15, 0.2) is 0 Å². The quantitative estimate of drug-likeness (QED) is 0.550. The molecule has 2 nitrogen and oxygen atoms in total. The molecule has 0 spiro atoms. The summed E-state index contributed by atoms with van der Waals surface area (Å²) in [7, 11) is 3.91. The third-order valence-electron chi connectivity index (χ3n) is 0.841. The predicted octanol–water partition coefficient (Wildman–Crippen LogP) is 1.53. The lowest BCUT2D eigenvalue weighted by molar-refractivity contribution is 0.564. The van der Waals surface area contributed by atoms with Gasteiger partial charge >= 0.3 is 0 Å². The van der Waals surface area contributed by atoms with Crippen molar-refractivity contribution in [1.29, 1.82) is 5.26 Å². The molecule has 0 aromatic carbocycles. The van der Waals surface area contributed by atoms with Crippen molar-refractivity contribution in [3.63, 3.8) is 0 Å². The molecule has 0 heterocycles. The van der Waals surface area contributed by atoms with Crippen LogP contribution in [0.4, 0.5) is 0 Å². The number of allylic oxidation sites excluding steroid dienone is 3. The topological polar surface area (TPSA) is 27.0 Å². The maximum atomic E-state index is 8.14. The average molecular weight is 136 g/mol. The highest BCUT2D eigenvalue weighted by Gasteiger charge is 1.71. The molecule has 0 aliphatic heterocycles. The maximum absolute atomic E-state index is 8.14. The fourth-order valence-electron chi connectivity index (χ4n) is 0.421. The van der Waals surface area contributed by atoms with Gasteiger partial charge in [0.25, 0.3) is 0 Å². The lowest BCUT2D eigenvalue weighted by Gasteiger charge is -2.00. The maximum Gasteiger partial charge on any atom is 0.0663 e. The lowest BCUT2D eigenvalue weighted by atomic mass is 10.4. The Hall–Kier alpha value is -1.23. The third-order valence-corrected chi connectivity index (χ3v) is 0.841. The fraction of sp³-hybridized carbons (Fsp3) is 0.375. The first kappa shape index (κ1) is 8.77. The SMILES string of the molecule is CN(C)C=CC=CCC#N. The van der Waals surface area contributed by atoms with E-state index < -0.39 is 0 Å². The van der Waals surface area contributed by atoms with Gasteiger partial charge in [-0.2, -0.15) is 5.26 Å². The van der Waals surface area contributed by atoms with Crippen LogP contribution in [-0.2, 0) is 0 Å². The summed E-state index contributed by atoms with van der Waals surface area (Å²) in [6.07, 6.45) is 7.99. The zero-order valence-electron chi connectivity index (χ0n) is 6.41. The van der Waals surface area contributed by atoms with Crippen LogP contribution in [0.1, 0.15) is 6.42 Å². The normalized spacial score (nSPS) is 10.5. The van der Waals surface area contributed by atoms with Gasteiger partial charge in [-0.25, -0.2) is 0 Å². The first-order valence-electron chi connectivity index (χ1n) is 3.14. The Morgan fingerprint density at radius 2 is 2.10 bits per heavy atom. The molecule has 0 fully saturated rings. The standard InChI is InChI=1S/C8H12N2/c1-10(2)8-6-4-3-5-7-9/h3-4,6,8H,5H2,1-2H3. The zero-order valence-corrected chi connectivity index (χ0v) is 6.41. The minimum Gasteiger partial charge on any atom is -0.383 e. The van der Waals surface area contributed by atoms with E-state index in [1.807, 2.05) is 49.5 Å². The minimum absolute atomic E-state index is 0.484. The summed E-state index contributed by atoms with van der Waals surface area (Å²) in [5.41, 5.74) is 0. The number of nitriles is 1. The van der Waals surface area contributed by atoms with Crippen LogP contribution in [0.5, 0.6) is 0 Å². The fourth-order valence-corrected chi connectivity index (χ4v) is 0.421. The van der Waals surface area contributed by atoms with Crippen molar-refractivity contribution in [3.05, 3.63) is 24.4 Å². The number of rotatable bonds is 3. The highest BCUT2D eigenvalue weighted by molar-refractivity contribution is 5.03. The Morgan fingerprint density at radius 3 is 2.60 bits per heavy atom. The molecule has 54 valence electrons. The second-order valence-electron chi connectivity index (χ2n) is 2.10. The van der Waals surface area contributed by atoms with E-state index in [2.05, 4.69) is 0 Å². The molecular weight excluding hydrogens is 124 g/mol. The van der Waals surface area contributed by atoms with Gasteiger partial charge < -0.3 is 4.90 Å². The Bertz CT molecular complexity index is 161. The van der Waals surface area contributed by atoms with E-state index in [9.17, 15) is 0 Å². The van der Waals surface area contributed by atoms with Crippen LogP contribution in [0.2, 0.25) is 0 Å². The van der Waals surface area contributed by atoms with Crippen molar-refractivity contribution in [2.75, 3.05) is 14.1 Å². The second-order valence-corrected chi connectivity index (χ2v) is 2.10. The van der Waals surface area contributed by atoms with E-state index in [1.165, 1.54) is 0 Å². The van der Waals surface area contributed by atoms with E-state index >= 15 is 0 Å². The van der Waals surface area contributed by atoms with E-state index in [0.717, 1.165) is 0 Å². The van der Waals surface area contributed by atoms with Crippen molar-refractivity contribution in [2.45, 2.75) is 6.42 Å². The Kier molecular flexibility index (Phi) is 5.17. The first-order valence-corrected chi connectivity index (χ1v) is 3.14. The lowest BCUT2D eigenvalue weighted by Crippen LogP contribution is -1.99. The summed E-state index contributed by atoms with van der Waals surface area (Å²) in [6.45, 7) is 0. The number of hydrogen-bond acceptors (Lipinski definition) is 2. The monoisotopic (exact) mass is 136 g/mol. The molecule has 0 saturated heterocycles. The van der Waals surface area contributed by atoms with Gasteiger partial charge in [-0.15, -0.1) is 0 Å². The summed E-state index contributed by atoms with van der Waals surface area (Å²) in [5.74, 6) is 0. The molecule has 0 aliphatic carbocycles. The van der Waals surface area contributed by atoms with Crippen LogP contribution in [0, 0.1) is 11.3 Å². The van der Waals surface area contributed by atoms with Crippen LogP contribution in [0.25, 0.3) is 0 Å². The summed E-state index contributed by atoms with van der Waals surface area (Å²) < 4.78 is 0. The molecule has 0 aliphatic rings. The molecule has 0 unspecified atom stereocenters. The molecule has 0 atom stereocenters. The third kappa shape index (κ3) is 6.77. The van der Waals surface area contributed by atoms with Crippen molar-refractivity contribution < 1.29 is 0 Å². The second kappa shape index (κ2) is 5.90. The Labute approximate surface area is 62.1 Å². The first-order chi connectivity index (χ1) is 4.77. The molecule has 0 aromatic rings. The van der Waals surface area contributed by atoms with Crippen LogP contribution >= 0.6 is 0 Å². The van der Waals surface area contributed by atoms with Crippen LogP contribution in [-0.4, -0.2) is 19.0 Å². The Balaban J connectivity index is 3.44. The molecule has 0 amide bonds. The van der Waals surface area contributed by atoms with Gasteiger partial charge in [-0.05, 0) is 12.3 Å². The predicted molar refractivity (Wildman–Crippen MR) is 42.2 cm³/mol. The smallest absolute Gasteiger partial charge is 0.0663 e. The van der Waals surface area contributed by atoms with Crippen molar-refractivity contribution >= 4 is 0 Å². The minimum atomic E-state index is 0.484. The highest BCUT2D eigenvalue weighted by Crippen LogP contribution is 1.82. The molecule has 0 saturated carbocycles. The summed E-state index contributed by atoms with van der Waals surface area (Å²) >= 11 is 0. The van der Waals surface area contributed by atoms with Crippen LogP contribution in [0.15, 0.2) is 24.4 Å². The molecule has 0 aromatic heterocycles. The van der Waals surface area contributed by atoms with Crippen molar-refractivity contribution in [2.24, 2.45) is 0 Å². The summed E-state index contributed by atoms with van der Waals surface area (Å²) in [4.78, 5) is 1.94. The van der Waals surface area contributed by atoms with Gasteiger partial charge in [-0.1, -0.05) is 12.2 Å². The molecule has 0 radical (unpaired) electrons. The van der Waals surface area contributed by atoms with Gasteiger partial charge in [0.05, 0.1) is 12.5 Å². The van der Waals surface area contributed by atoms with Gasteiger partial charge in [0.1, 0.15) is 0 Å². The van der Waals surface area contributed by atoms with E-state index in [-0.39, 0.29) is 0 Å². The summed E-state index contributed by atoms with van der Waals surface area (Å²) in [6, 6.07) is 2.02. The van der Waals surface area contributed by atoms with Gasteiger partial charge in [0, 0.05) is 14.1 Å². The highest BCUT2D eigenvalue weighted by atomic mass is 15.0. The van der Waals surface area contributed by atoms with E-state index in [4.69, 9.17) is 5.26 Å². The van der Waals surface area contributed by atoms with Crippen molar-refractivity contribution in [3.8, 4) is 6.07 Å². The average Bonchev–Trinajstić information content (AvgIpc) is 1.87. The van der Waals surface area contributed by atoms with Crippen LogP contribution in [0.3, 0.4) is 0 Å². The molecule has 0 bridgehead atoms. The number of hydrogen-bond donors (Lipinski definition) is 0. The van der Waals surface area contributed by atoms with Crippen molar-refractivity contribution in [1.82, 2.24) is 4.90 Å². The van der Waals surface area contributed by atoms with E-state index in [1.54, 1.807) is 0 Å². The molecule has 0 rings (SSSR count). The van der Waals surface area contributed by atoms with Crippen LogP contribution < -0.4 is 0 Å². The van der Waals surface area contributed by atoms with E-state index in [0.29, 0.717) is 6.42 Å². The molecule has 10 heavy (non-hydrogen) atoms. The van der Waals surface area contributed by atoms with Gasteiger partial charge in [-0.3, -0.25) is 0 Å². The van der Waals surface area contributed by atoms with Gasteiger partial charge in [0.2, 0.25) is 0 Å². The number of nitrogens with zero attached hydrogens (tertiary/aromatic N) is 2. The molecule has 2 heteroatoms. The Morgan fingerprint density at radius 1 is 1.40 bits per heavy atom. The zero-order chi connectivity index (χ0) is 7.82. The summed E-state index contributed by atoms with van der Waals surface area (Å²) in [5, 5.41) is 8.14. The molecular formula is C8H12N2.